The van der Waals surface area contributed by atoms with Crippen LogP contribution in [0.2, 0.25) is 0 Å². The highest BCUT2D eigenvalue weighted by atomic mass is 16.5. The Hall–Kier alpha value is -1.10. The molecule has 0 aliphatic rings. The third kappa shape index (κ3) is 4.29. The minimum atomic E-state index is 0.188. The minimum absolute atomic E-state index is 0.188. The zero-order chi connectivity index (χ0) is 13.4. The van der Waals surface area contributed by atoms with Gasteiger partial charge in [-0.1, -0.05) is 19.1 Å². The molecule has 0 aromatic heterocycles. The average molecular weight is 252 g/mol. The summed E-state index contributed by atoms with van der Waals surface area (Å²) in [4.78, 5) is 2.19. The molecule has 0 aliphatic heterocycles. The highest BCUT2D eigenvalue weighted by Crippen LogP contribution is 2.21. The van der Waals surface area contributed by atoms with Crippen LogP contribution in [0, 0.1) is 0 Å². The maximum absolute atomic E-state index is 8.98. The van der Waals surface area contributed by atoms with Crippen LogP contribution in [-0.4, -0.2) is 36.3 Å². The van der Waals surface area contributed by atoms with E-state index in [1.165, 1.54) is 5.56 Å². The Kier molecular flexibility index (Phi) is 6.72. The largest absolute Gasteiger partial charge is 0.494 e. The molecule has 1 aromatic carbocycles. The fourth-order valence-corrected chi connectivity index (χ4v) is 1.90. The number of ether oxygens (including phenoxy) is 1. The highest BCUT2D eigenvalue weighted by Gasteiger charge is 2.07. The van der Waals surface area contributed by atoms with Crippen LogP contribution >= 0.6 is 0 Å². The van der Waals surface area contributed by atoms with Crippen LogP contribution in [0.5, 0.6) is 5.75 Å². The van der Waals surface area contributed by atoms with E-state index < -0.39 is 0 Å². The van der Waals surface area contributed by atoms with Crippen molar-refractivity contribution in [3.8, 4) is 5.75 Å². The van der Waals surface area contributed by atoms with Crippen molar-refractivity contribution in [2.45, 2.75) is 26.9 Å². The van der Waals surface area contributed by atoms with Crippen molar-refractivity contribution in [1.29, 1.82) is 0 Å². The van der Waals surface area contributed by atoms with E-state index in [0.29, 0.717) is 19.7 Å². The third-order valence-corrected chi connectivity index (χ3v) is 2.92. The lowest BCUT2D eigenvalue weighted by molar-refractivity contribution is 0.196. The summed E-state index contributed by atoms with van der Waals surface area (Å²) in [7, 11) is 0. The SMILES string of the molecule is CCOc1cc(CN(CC)CCO)ccc1CN. The number of benzene rings is 1. The molecule has 0 aliphatic carbocycles. The molecule has 1 aromatic rings. The lowest BCUT2D eigenvalue weighted by atomic mass is 10.1. The van der Waals surface area contributed by atoms with Crippen LogP contribution < -0.4 is 10.5 Å². The zero-order valence-corrected chi connectivity index (χ0v) is 11.4. The molecular formula is C14H24N2O2. The van der Waals surface area contributed by atoms with E-state index in [9.17, 15) is 0 Å². The molecule has 0 fully saturated rings. The molecule has 0 saturated heterocycles. The molecule has 18 heavy (non-hydrogen) atoms. The summed E-state index contributed by atoms with van der Waals surface area (Å²) in [5.41, 5.74) is 7.90. The van der Waals surface area contributed by atoms with Gasteiger partial charge >= 0.3 is 0 Å². The molecular weight excluding hydrogens is 228 g/mol. The van der Waals surface area contributed by atoms with Crippen molar-refractivity contribution in [2.75, 3.05) is 26.3 Å². The number of hydrogen-bond donors (Lipinski definition) is 2. The molecule has 1 rings (SSSR count). The van der Waals surface area contributed by atoms with Gasteiger partial charge in [0, 0.05) is 25.2 Å². The second-order valence-electron chi connectivity index (χ2n) is 4.17. The molecule has 0 heterocycles. The summed E-state index contributed by atoms with van der Waals surface area (Å²) in [6.45, 7) is 7.82. The first kappa shape index (κ1) is 15.0. The first-order valence-electron chi connectivity index (χ1n) is 6.53. The van der Waals surface area contributed by atoms with Gasteiger partial charge < -0.3 is 15.6 Å². The van der Waals surface area contributed by atoms with Crippen LogP contribution in [0.1, 0.15) is 25.0 Å². The lowest BCUT2D eigenvalue weighted by Crippen LogP contribution is -2.26. The molecule has 0 radical (unpaired) electrons. The molecule has 0 saturated carbocycles. The summed E-state index contributed by atoms with van der Waals surface area (Å²) < 4.78 is 5.60. The predicted octanol–water partition coefficient (Wildman–Crippen LogP) is 1.36. The van der Waals surface area contributed by atoms with Gasteiger partial charge in [-0.25, -0.2) is 0 Å². The van der Waals surface area contributed by atoms with Gasteiger partial charge in [0.1, 0.15) is 5.75 Å². The van der Waals surface area contributed by atoms with E-state index in [2.05, 4.69) is 17.9 Å². The van der Waals surface area contributed by atoms with Crippen LogP contribution in [0.25, 0.3) is 0 Å². The second kappa shape index (κ2) is 8.08. The Morgan fingerprint density at radius 1 is 1.33 bits per heavy atom. The average Bonchev–Trinajstić information content (AvgIpc) is 2.39. The number of rotatable bonds is 8. The third-order valence-electron chi connectivity index (χ3n) is 2.92. The first-order valence-corrected chi connectivity index (χ1v) is 6.53. The van der Waals surface area contributed by atoms with E-state index in [1.807, 2.05) is 19.1 Å². The van der Waals surface area contributed by atoms with Gasteiger partial charge in [0.15, 0.2) is 0 Å². The number of nitrogens with zero attached hydrogens (tertiary/aromatic N) is 1. The summed E-state index contributed by atoms with van der Waals surface area (Å²) in [5.74, 6) is 0.873. The molecule has 0 atom stereocenters. The number of hydrogen-bond acceptors (Lipinski definition) is 4. The van der Waals surface area contributed by atoms with Crippen LogP contribution in [-0.2, 0) is 13.1 Å². The quantitative estimate of drug-likeness (QED) is 0.733. The monoisotopic (exact) mass is 252 g/mol. The lowest BCUT2D eigenvalue weighted by Gasteiger charge is -2.20. The Morgan fingerprint density at radius 2 is 2.11 bits per heavy atom. The van der Waals surface area contributed by atoms with Gasteiger partial charge in [0.05, 0.1) is 13.2 Å². The number of aliphatic hydroxyl groups is 1. The fourth-order valence-electron chi connectivity index (χ4n) is 1.90. The summed E-state index contributed by atoms with van der Waals surface area (Å²) in [5, 5.41) is 8.98. The topological polar surface area (TPSA) is 58.7 Å². The van der Waals surface area contributed by atoms with Crippen LogP contribution in [0.4, 0.5) is 0 Å². The molecule has 4 nitrogen and oxygen atoms in total. The normalized spacial score (nSPS) is 10.9. The Balaban J connectivity index is 2.79. The standard InChI is InChI=1S/C14H24N2O2/c1-3-16(7-8-17)11-12-5-6-13(10-15)14(9-12)18-4-2/h5-6,9,17H,3-4,7-8,10-11,15H2,1-2H3. The first-order chi connectivity index (χ1) is 8.74. The van der Waals surface area contributed by atoms with Crippen molar-refractivity contribution in [3.05, 3.63) is 29.3 Å². The van der Waals surface area contributed by atoms with Crippen LogP contribution in [0.15, 0.2) is 18.2 Å². The Labute approximate surface area is 109 Å². The van der Waals surface area contributed by atoms with Gasteiger partial charge in [-0.3, -0.25) is 4.90 Å². The van der Waals surface area contributed by atoms with Gasteiger partial charge in [0.2, 0.25) is 0 Å². The van der Waals surface area contributed by atoms with Crippen LogP contribution in [0.3, 0.4) is 0 Å². The van der Waals surface area contributed by atoms with Gasteiger partial charge in [-0.05, 0) is 25.1 Å². The van der Waals surface area contributed by atoms with Crippen molar-refractivity contribution in [3.63, 3.8) is 0 Å². The number of nitrogens with two attached hydrogens (primary N) is 1. The molecule has 0 bridgehead atoms. The summed E-state index contributed by atoms with van der Waals surface area (Å²) in [6, 6.07) is 6.14. The van der Waals surface area contributed by atoms with Gasteiger partial charge in [0.25, 0.3) is 0 Å². The molecule has 0 amide bonds. The molecule has 3 N–H and O–H groups in total. The van der Waals surface area contributed by atoms with E-state index in [4.69, 9.17) is 15.6 Å². The summed E-state index contributed by atoms with van der Waals surface area (Å²) in [6.07, 6.45) is 0. The number of aliphatic hydroxyl groups excluding tert-OH is 1. The second-order valence-corrected chi connectivity index (χ2v) is 4.17. The van der Waals surface area contributed by atoms with E-state index in [0.717, 1.165) is 24.4 Å². The highest BCUT2D eigenvalue weighted by molar-refractivity contribution is 5.37. The molecule has 4 heteroatoms. The smallest absolute Gasteiger partial charge is 0.124 e. The summed E-state index contributed by atoms with van der Waals surface area (Å²) >= 11 is 0. The molecule has 0 unspecified atom stereocenters. The van der Waals surface area contributed by atoms with Crippen molar-refractivity contribution < 1.29 is 9.84 Å². The van der Waals surface area contributed by atoms with Crippen molar-refractivity contribution in [1.82, 2.24) is 4.90 Å². The Morgan fingerprint density at radius 3 is 2.67 bits per heavy atom. The zero-order valence-electron chi connectivity index (χ0n) is 11.4. The van der Waals surface area contributed by atoms with Crippen molar-refractivity contribution in [2.24, 2.45) is 5.73 Å². The minimum Gasteiger partial charge on any atom is -0.494 e. The maximum Gasteiger partial charge on any atom is 0.124 e. The number of likely N-dealkylation sites (N-methyl/N-ethyl adjacent to an activating group) is 1. The van der Waals surface area contributed by atoms with Crippen molar-refractivity contribution >= 4 is 0 Å². The van der Waals surface area contributed by atoms with E-state index in [-0.39, 0.29) is 6.61 Å². The fraction of sp³-hybridized carbons (Fsp3) is 0.571. The molecule has 0 spiro atoms. The maximum atomic E-state index is 8.98. The van der Waals surface area contributed by atoms with Gasteiger partial charge in [-0.2, -0.15) is 0 Å². The van der Waals surface area contributed by atoms with Gasteiger partial charge in [-0.15, -0.1) is 0 Å². The Bertz CT molecular complexity index is 356. The van der Waals surface area contributed by atoms with E-state index >= 15 is 0 Å². The molecule has 102 valence electrons. The predicted molar refractivity (Wildman–Crippen MR) is 73.5 cm³/mol. The van der Waals surface area contributed by atoms with E-state index in [1.54, 1.807) is 0 Å².